The zero-order valence-electron chi connectivity index (χ0n) is 17.8. The Bertz CT molecular complexity index is 850. The smallest absolute Gasteiger partial charge is 0.335 e. The monoisotopic (exact) mass is 424 g/mol. The maximum absolute atomic E-state index is 12.6. The summed E-state index contributed by atoms with van der Waals surface area (Å²) in [6, 6.07) is 10.4. The number of rotatable bonds is 6. The Morgan fingerprint density at radius 3 is 2.20 bits per heavy atom. The summed E-state index contributed by atoms with van der Waals surface area (Å²) in [4.78, 5) is 24.6. The van der Waals surface area contributed by atoms with Gasteiger partial charge in [0.25, 0.3) is 5.56 Å². The van der Waals surface area contributed by atoms with Crippen LogP contribution in [0.5, 0.6) is 0 Å². The fraction of sp³-hybridized carbons (Fsp3) is 0.524. The standard InChI is InChI=1S/C17H20N2O7.2C2H6/c20-8-12-14(22)15(23)16(26-12)18-7-6-13(21)19(17(18)24)10-25-9-11-4-2-1-3-5-11;2*1-2/h1-7,12,14-16,20,22-23H,8-10H2;2*1-2H3. The lowest BCUT2D eigenvalue weighted by atomic mass is 10.1. The summed E-state index contributed by atoms with van der Waals surface area (Å²) in [5, 5.41) is 29.0. The lowest BCUT2D eigenvalue weighted by molar-refractivity contribution is -0.0566. The molecule has 30 heavy (non-hydrogen) atoms. The van der Waals surface area contributed by atoms with E-state index in [4.69, 9.17) is 14.6 Å². The van der Waals surface area contributed by atoms with E-state index in [1.165, 1.54) is 6.20 Å². The van der Waals surface area contributed by atoms with Crippen molar-refractivity contribution in [1.29, 1.82) is 0 Å². The second kappa shape index (κ2) is 13.1. The second-order valence-electron chi connectivity index (χ2n) is 5.96. The van der Waals surface area contributed by atoms with Crippen molar-refractivity contribution in [2.24, 2.45) is 0 Å². The molecule has 3 rings (SSSR count). The quantitative estimate of drug-likeness (QED) is 0.628. The molecule has 168 valence electrons. The first-order valence-electron chi connectivity index (χ1n) is 10.1. The van der Waals surface area contributed by atoms with Gasteiger partial charge in [-0.25, -0.2) is 9.36 Å². The molecule has 9 nitrogen and oxygen atoms in total. The summed E-state index contributed by atoms with van der Waals surface area (Å²) in [5.74, 6) is 0. The number of ether oxygens (including phenoxy) is 2. The van der Waals surface area contributed by atoms with E-state index in [0.717, 1.165) is 20.8 Å². The van der Waals surface area contributed by atoms with Crippen LogP contribution >= 0.6 is 0 Å². The minimum Gasteiger partial charge on any atom is -0.394 e. The molecule has 0 spiro atoms. The fourth-order valence-electron chi connectivity index (χ4n) is 2.78. The van der Waals surface area contributed by atoms with Crippen LogP contribution in [0.4, 0.5) is 0 Å². The molecule has 4 unspecified atom stereocenters. The first-order valence-corrected chi connectivity index (χ1v) is 10.1. The highest BCUT2D eigenvalue weighted by atomic mass is 16.6. The molecule has 9 heteroatoms. The Morgan fingerprint density at radius 1 is 1.00 bits per heavy atom. The van der Waals surface area contributed by atoms with Gasteiger partial charge in [-0.3, -0.25) is 9.36 Å². The molecule has 2 heterocycles. The molecule has 1 aromatic heterocycles. The highest BCUT2D eigenvalue weighted by Gasteiger charge is 2.43. The van der Waals surface area contributed by atoms with Gasteiger partial charge in [0.1, 0.15) is 25.0 Å². The summed E-state index contributed by atoms with van der Waals surface area (Å²) in [7, 11) is 0. The average molecular weight is 424 g/mol. The van der Waals surface area contributed by atoms with Gasteiger partial charge in [0.2, 0.25) is 0 Å². The van der Waals surface area contributed by atoms with Gasteiger partial charge < -0.3 is 24.8 Å². The van der Waals surface area contributed by atoms with Gasteiger partial charge in [-0.1, -0.05) is 58.0 Å². The van der Waals surface area contributed by atoms with Gasteiger partial charge in [0.15, 0.2) is 6.23 Å². The summed E-state index contributed by atoms with van der Waals surface area (Å²) in [6.07, 6.45) is -3.81. The summed E-state index contributed by atoms with van der Waals surface area (Å²) >= 11 is 0. The minimum absolute atomic E-state index is 0.218. The number of benzene rings is 1. The summed E-state index contributed by atoms with van der Waals surface area (Å²) in [6.45, 7) is 7.43. The van der Waals surface area contributed by atoms with Crippen LogP contribution in [0.25, 0.3) is 0 Å². The Kier molecular flexibility index (Phi) is 11.2. The van der Waals surface area contributed by atoms with E-state index >= 15 is 0 Å². The SMILES string of the molecule is CC.CC.O=c1ccn(C2OC(CO)C(O)C2O)c(=O)n1COCc1ccccc1. The number of nitrogens with zero attached hydrogens (tertiary/aromatic N) is 2. The molecule has 1 aliphatic rings. The van der Waals surface area contributed by atoms with Crippen LogP contribution in [-0.4, -0.2) is 49.4 Å². The molecule has 0 radical (unpaired) electrons. The zero-order valence-corrected chi connectivity index (χ0v) is 17.8. The highest BCUT2D eigenvalue weighted by Crippen LogP contribution is 2.27. The maximum Gasteiger partial charge on any atom is 0.335 e. The van der Waals surface area contributed by atoms with Crippen molar-refractivity contribution in [3.63, 3.8) is 0 Å². The summed E-state index contributed by atoms with van der Waals surface area (Å²) in [5.41, 5.74) is -0.424. The van der Waals surface area contributed by atoms with Gasteiger partial charge >= 0.3 is 5.69 Å². The Morgan fingerprint density at radius 2 is 1.63 bits per heavy atom. The van der Waals surface area contributed by atoms with Crippen molar-refractivity contribution in [3.8, 4) is 0 Å². The molecule has 2 aromatic rings. The number of hydrogen-bond acceptors (Lipinski definition) is 7. The van der Waals surface area contributed by atoms with E-state index in [2.05, 4.69) is 0 Å². The first kappa shape index (κ1) is 25.7. The van der Waals surface area contributed by atoms with Crippen LogP contribution in [0.1, 0.15) is 39.5 Å². The van der Waals surface area contributed by atoms with E-state index in [0.29, 0.717) is 0 Å². The number of aliphatic hydroxyl groups is 3. The van der Waals surface area contributed by atoms with Crippen molar-refractivity contribution < 1.29 is 24.8 Å². The van der Waals surface area contributed by atoms with E-state index in [1.54, 1.807) is 0 Å². The predicted molar refractivity (Wildman–Crippen MR) is 112 cm³/mol. The van der Waals surface area contributed by atoms with Gasteiger partial charge in [-0.05, 0) is 5.56 Å². The molecule has 0 aliphatic carbocycles. The van der Waals surface area contributed by atoms with E-state index < -0.39 is 42.4 Å². The number of aliphatic hydroxyl groups excluding tert-OH is 3. The van der Waals surface area contributed by atoms with Crippen LogP contribution in [0.3, 0.4) is 0 Å². The maximum atomic E-state index is 12.6. The lowest BCUT2D eigenvalue weighted by Gasteiger charge is -2.18. The molecular formula is C21H32N2O7. The normalized spacial score (nSPS) is 22.5. The molecule has 1 aromatic carbocycles. The third kappa shape index (κ3) is 6.10. The zero-order chi connectivity index (χ0) is 22.7. The molecule has 1 saturated heterocycles. The third-order valence-electron chi connectivity index (χ3n) is 4.22. The molecule has 3 N–H and O–H groups in total. The van der Waals surface area contributed by atoms with Crippen LogP contribution in [0.2, 0.25) is 0 Å². The van der Waals surface area contributed by atoms with Crippen molar-refractivity contribution in [1.82, 2.24) is 9.13 Å². The van der Waals surface area contributed by atoms with Crippen molar-refractivity contribution >= 4 is 0 Å². The van der Waals surface area contributed by atoms with Gasteiger partial charge in [0, 0.05) is 12.3 Å². The molecule has 0 amide bonds. The van der Waals surface area contributed by atoms with Crippen molar-refractivity contribution in [2.75, 3.05) is 6.61 Å². The van der Waals surface area contributed by atoms with Crippen molar-refractivity contribution in [2.45, 2.75) is 65.6 Å². The van der Waals surface area contributed by atoms with E-state index in [-0.39, 0.29) is 13.3 Å². The lowest BCUT2D eigenvalue weighted by Crippen LogP contribution is -2.43. The molecular weight excluding hydrogens is 392 g/mol. The number of hydrogen-bond donors (Lipinski definition) is 3. The Balaban J connectivity index is 0.00000106. The van der Waals surface area contributed by atoms with E-state index in [9.17, 15) is 19.8 Å². The predicted octanol–water partition coefficient (Wildman–Crippen LogP) is 0.848. The first-order chi connectivity index (χ1) is 14.5. The molecule has 0 saturated carbocycles. The topological polar surface area (TPSA) is 123 Å². The molecule has 1 fully saturated rings. The largest absolute Gasteiger partial charge is 0.394 e. The Labute approximate surface area is 175 Å². The van der Waals surface area contributed by atoms with Crippen LogP contribution in [0.15, 0.2) is 52.2 Å². The van der Waals surface area contributed by atoms with Gasteiger partial charge in [-0.15, -0.1) is 0 Å². The van der Waals surface area contributed by atoms with Crippen LogP contribution < -0.4 is 11.2 Å². The number of aromatic nitrogens is 2. The van der Waals surface area contributed by atoms with Crippen LogP contribution in [0, 0.1) is 0 Å². The second-order valence-corrected chi connectivity index (χ2v) is 5.96. The molecule has 1 aliphatic heterocycles. The van der Waals surface area contributed by atoms with Crippen molar-refractivity contribution in [3.05, 3.63) is 69.0 Å². The Hall–Kier alpha value is -2.30. The summed E-state index contributed by atoms with van der Waals surface area (Å²) < 4.78 is 12.6. The third-order valence-corrected chi connectivity index (χ3v) is 4.22. The highest BCUT2D eigenvalue weighted by molar-refractivity contribution is 5.13. The van der Waals surface area contributed by atoms with Gasteiger partial charge in [-0.2, -0.15) is 0 Å². The average Bonchev–Trinajstić information content (AvgIpc) is 3.08. The van der Waals surface area contributed by atoms with Gasteiger partial charge in [0.05, 0.1) is 13.2 Å². The molecule has 0 bridgehead atoms. The van der Waals surface area contributed by atoms with E-state index in [1.807, 2.05) is 58.0 Å². The molecule has 4 atom stereocenters. The minimum atomic E-state index is -1.42. The fourth-order valence-corrected chi connectivity index (χ4v) is 2.78. The van der Waals surface area contributed by atoms with Crippen LogP contribution in [-0.2, 0) is 22.8 Å².